The van der Waals surface area contributed by atoms with Gasteiger partial charge >= 0.3 is 0 Å². The summed E-state index contributed by atoms with van der Waals surface area (Å²) in [6, 6.07) is 59.5. The number of nitrogens with zero attached hydrogens (tertiary/aromatic N) is 2. The Balaban J connectivity index is 1.35. The molecule has 7 aromatic rings. The largest absolute Gasteiger partial charge is 0.332 e. The molecule has 0 aliphatic rings. The SMILES string of the molecule is CC(C)(C)c1ccc(C(C)(C)N(c2ccccc2)c2ccc(N(c3ccc4ccccc4c3)c3cccc4ccccc34)cc2)cc1. The van der Waals surface area contributed by atoms with Gasteiger partial charge in [0, 0.05) is 28.1 Å². The molecule has 0 radical (unpaired) electrons. The Morgan fingerprint density at radius 1 is 0.383 bits per heavy atom. The van der Waals surface area contributed by atoms with E-state index in [0.29, 0.717) is 0 Å². The smallest absolute Gasteiger partial charge is 0.0646 e. The normalized spacial score (nSPS) is 11.9. The van der Waals surface area contributed by atoms with Crippen molar-refractivity contribution in [2.45, 2.75) is 45.6 Å². The van der Waals surface area contributed by atoms with Gasteiger partial charge in [-0.15, -0.1) is 0 Å². The van der Waals surface area contributed by atoms with Crippen molar-refractivity contribution in [2.24, 2.45) is 0 Å². The number of anilines is 5. The first-order valence-electron chi connectivity index (χ1n) is 16.5. The Morgan fingerprint density at radius 2 is 0.915 bits per heavy atom. The summed E-state index contributed by atoms with van der Waals surface area (Å²) in [4.78, 5) is 4.85. The molecule has 0 spiro atoms. The van der Waals surface area contributed by atoms with Gasteiger partial charge in [-0.2, -0.15) is 0 Å². The summed E-state index contributed by atoms with van der Waals surface area (Å²) in [6.07, 6.45) is 0. The second kappa shape index (κ2) is 12.1. The number of hydrogen-bond donors (Lipinski definition) is 0. The molecule has 0 saturated carbocycles. The fourth-order valence-corrected chi connectivity index (χ4v) is 6.78. The van der Waals surface area contributed by atoms with Gasteiger partial charge in [-0.05, 0) is 101 Å². The molecule has 0 aliphatic carbocycles. The molecule has 0 saturated heterocycles. The number of hydrogen-bond acceptors (Lipinski definition) is 2. The van der Waals surface area contributed by atoms with Gasteiger partial charge in [-0.3, -0.25) is 0 Å². The summed E-state index contributed by atoms with van der Waals surface area (Å²) < 4.78 is 0. The van der Waals surface area contributed by atoms with Crippen molar-refractivity contribution in [2.75, 3.05) is 9.80 Å². The van der Waals surface area contributed by atoms with E-state index in [4.69, 9.17) is 0 Å². The second-order valence-corrected chi connectivity index (χ2v) is 13.9. The highest BCUT2D eigenvalue weighted by molar-refractivity contribution is 6.00. The quantitative estimate of drug-likeness (QED) is 0.177. The van der Waals surface area contributed by atoms with Crippen LogP contribution in [0.15, 0.2) is 164 Å². The van der Waals surface area contributed by atoms with Crippen LogP contribution in [0.3, 0.4) is 0 Å². The first kappa shape index (κ1) is 30.3. The van der Waals surface area contributed by atoms with Crippen molar-refractivity contribution in [1.82, 2.24) is 0 Å². The van der Waals surface area contributed by atoms with Crippen LogP contribution >= 0.6 is 0 Å². The zero-order chi connectivity index (χ0) is 32.6. The van der Waals surface area contributed by atoms with E-state index < -0.39 is 0 Å². The summed E-state index contributed by atoms with van der Waals surface area (Å²) in [5, 5.41) is 4.90. The van der Waals surface area contributed by atoms with Crippen molar-refractivity contribution in [1.29, 1.82) is 0 Å². The monoisotopic (exact) mass is 610 g/mol. The Bertz CT molecular complexity index is 2130. The van der Waals surface area contributed by atoms with E-state index in [1.165, 1.54) is 32.7 Å². The Kier molecular flexibility index (Phi) is 7.82. The molecule has 0 N–H and O–H groups in total. The first-order valence-corrected chi connectivity index (χ1v) is 16.5. The number of rotatable bonds is 7. The van der Waals surface area contributed by atoms with Crippen molar-refractivity contribution < 1.29 is 0 Å². The van der Waals surface area contributed by atoms with Crippen LogP contribution in [0.2, 0.25) is 0 Å². The fourth-order valence-electron chi connectivity index (χ4n) is 6.78. The molecule has 0 amide bonds. The molecule has 0 unspecified atom stereocenters. The lowest BCUT2D eigenvalue weighted by Crippen LogP contribution is -2.38. The second-order valence-electron chi connectivity index (χ2n) is 13.9. The van der Waals surface area contributed by atoms with E-state index in [2.05, 4.69) is 208 Å². The number of para-hydroxylation sites is 1. The maximum absolute atomic E-state index is 2.46. The highest BCUT2D eigenvalue weighted by Gasteiger charge is 2.31. The van der Waals surface area contributed by atoms with Gasteiger partial charge in [-0.25, -0.2) is 0 Å². The third kappa shape index (κ3) is 5.88. The molecule has 47 heavy (non-hydrogen) atoms. The molecule has 0 heterocycles. The van der Waals surface area contributed by atoms with Gasteiger partial charge in [0.05, 0.1) is 11.2 Å². The van der Waals surface area contributed by atoms with Gasteiger partial charge in [-0.1, -0.05) is 130 Å². The average molecular weight is 611 g/mol. The zero-order valence-corrected chi connectivity index (χ0v) is 28.0. The molecule has 0 fully saturated rings. The zero-order valence-electron chi connectivity index (χ0n) is 28.0. The highest BCUT2D eigenvalue weighted by Crippen LogP contribution is 2.43. The van der Waals surface area contributed by atoms with Gasteiger partial charge in [0.15, 0.2) is 0 Å². The summed E-state index contributed by atoms with van der Waals surface area (Å²) in [5.41, 5.74) is 8.11. The summed E-state index contributed by atoms with van der Waals surface area (Å²) >= 11 is 0. The van der Waals surface area contributed by atoms with Crippen molar-refractivity contribution in [3.8, 4) is 0 Å². The number of fused-ring (bicyclic) bond motifs is 2. The van der Waals surface area contributed by atoms with Crippen LogP contribution < -0.4 is 9.80 Å². The lowest BCUT2D eigenvalue weighted by atomic mass is 9.84. The summed E-state index contributed by atoms with van der Waals surface area (Å²) in [6.45, 7) is 11.4. The highest BCUT2D eigenvalue weighted by atomic mass is 15.2. The molecule has 7 aromatic carbocycles. The van der Waals surface area contributed by atoms with Gasteiger partial charge < -0.3 is 9.80 Å². The standard InChI is InChI=1S/C45H42N2/c1-44(2,3)36-23-25-37(26-24-36)45(4,5)47(39-18-7-6-8-19-39)40-30-28-38(29-31-40)46(41-27-22-33-14-9-10-16-35(33)32-41)43-21-13-17-34-15-11-12-20-42(34)43/h6-32H,1-5H3. The van der Waals surface area contributed by atoms with Gasteiger partial charge in [0.2, 0.25) is 0 Å². The number of benzene rings is 7. The minimum absolute atomic E-state index is 0.110. The van der Waals surface area contributed by atoms with Crippen LogP contribution in [-0.2, 0) is 11.0 Å². The lowest BCUT2D eigenvalue weighted by molar-refractivity contribution is 0.533. The van der Waals surface area contributed by atoms with Crippen LogP contribution in [0, 0.1) is 0 Å². The van der Waals surface area contributed by atoms with Crippen LogP contribution in [0.4, 0.5) is 28.4 Å². The maximum Gasteiger partial charge on any atom is 0.0646 e. The molecule has 232 valence electrons. The molecule has 0 aromatic heterocycles. The third-order valence-electron chi connectivity index (χ3n) is 9.40. The van der Waals surface area contributed by atoms with Crippen LogP contribution in [-0.4, -0.2) is 0 Å². The molecule has 0 bridgehead atoms. The molecule has 0 atom stereocenters. The summed E-state index contributed by atoms with van der Waals surface area (Å²) in [5.74, 6) is 0. The minimum atomic E-state index is -0.313. The average Bonchev–Trinajstić information content (AvgIpc) is 3.09. The molecular weight excluding hydrogens is 569 g/mol. The van der Waals surface area contributed by atoms with Crippen LogP contribution in [0.25, 0.3) is 21.5 Å². The van der Waals surface area contributed by atoms with Crippen molar-refractivity contribution >= 4 is 50.0 Å². The van der Waals surface area contributed by atoms with E-state index in [-0.39, 0.29) is 11.0 Å². The molecule has 7 rings (SSSR count). The van der Waals surface area contributed by atoms with Gasteiger partial charge in [0.1, 0.15) is 0 Å². The van der Waals surface area contributed by atoms with Gasteiger partial charge in [0.25, 0.3) is 0 Å². The van der Waals surface area contributed by atoms with E-state index in [1.807, 2.05) is 0 Å². The fraction of sp³-hybridized carbons (Fsp3) is 0.156. The molecule has 2 nitrogen and oxygen atoms in total. The molecule has 2 heteroatoms. The van der Waals surface area contributed by atoms with E-state index in [1.54, 1.807) is 0 Å². The summed E-state index contributed by atoms with van der Waals surface area (Å²) in [7, 11) is 0. The predicted octanol–water partition coefficient (Wildman–Crippen LogP) is 12.8. The van der Waals surface area contributed by atoms with Crippen LogP contribution in [0.5, 0.6) is 0 Å². The predicted molar refractivity (Wildman–Crippen MR) is 203 cm³/mol. The van der Waals surface area contributed by atoms with Crippen molar-refractivity contribution in [3.05, 3.63) is 175 Å². The minimum Gasteiger partial charge on any atom is -0.332 e. The molecular formula is C45H42N2. The Labute approximate surface area is 279 Å². The molecule has 0 aliphatic heterocycles. The van der Waals surface area contributed by atoms with Crippen molar-refractivity contribution in [3.63, 3.8) is 0 Å². The maximum atomic E-state index is 2.46. The topological polar surface area (TPSA) is 6.48 Å². The lowest BCUT2D eigenvalue weighted by Gasteiger charge is -2.41. The first-order chi connectivity index (χ1) is 22.7. The third-order valence-corrected chi connectivity index (χ3v) is 9.40. The van der Waals surface area contributed by atoms with E-state index >= 15 is 0 Å². The van der Waals surface area contributed by atoms with E-state index in [9.17, 15) is 0 Å². The van der Waals surface area contributed by atoms with E-state index in [0.717, 1.165) is 28.4 Å². The Hall–Kier alpha value is -5.34. The van der Waals surface area contributed by atoms with Crippen LogP contribution in [0.1, 0.15) is 45.7 Å². The Morgan fingerprint density at radius 3 is 1.62 bits per heavy atom.